The van der Waals surface area contributed by atoms with Gasteiger partial charge in [-0.2, -0.15) is 5.10 Å². The van der Waals surface area contributed by atoms with Crippen molar-refractivity contribution in [2.24, 2.45) is 0 Å². The molecule has 1 aromatic carbocycles. The molecule has 0 saturated carbocycles. The summed E-state index contributed by atoms with van der Waals surface area (Å²) in [5, 5.41) is 13.3. The second kappa shape index (κ2) is 7.03. The van der Waals surface area contributed by atoms with Crippen molar-refractivity contribution in [1.29, 1.82) is 0 Å². The first kappa shape index (κ1) is 17.0. The SMILES string of the molecule is O=C(O)c1nn2cc(-c3ccccc3CN3CCOCC3)cnc2c1Cl. The number of carbonyl (C=O) groups is 1. The topological polar surface area (TPSA) is 80.0 Å². The van der Waals surface area contributed by atoms with Crippen molar-refractivity contribution in [2.75, 3.05) is 26.3 Å². The van der Waals surface area contributed by atoms with Gasteiger partial charge in [-0.25, -0.2) is 14.3 Å². The Morgan fingerprint density at radius 3 is 2.81 bits per heavy atom. The molecule has 0 aliphatic carbocycles. The molecule has 1 aliphatic heterocycles. The second-order valence-corrected chi connectivity index (χ2v) is 6.50. The molecule has 0 bridgehead atoms. The van der Waals surface area contributed by atoms with Crippen LogP contribution in [0.1, 0.15) is 16.1 Å². The second-order valence-electron chi connectivity index (χ2n) is 6.12. The van der Waals surface area contributed by atoms with E-state index in [2.05, 4.69) is 21.0 Å². The van der Waals surface area contributed by atoms with Gasteiger partial charge >= 0.3 is 5.97 Å². The van der Waals surface area contributed by atoms with Crippen molar-refractivity contribution in [3.05, 3.63) is 52.9 Å². The molecule has 0 unspecified atom stereocenters. The zero-order valence-electron chi connectivity index (χ0n) is 13.9. The fourth-order valence-electron chi connectivity index (χ4n) is 3.12. The lowest BCUT2D eigenvalue weighted by molar-refractivity contribution is 0.0342. The summed E-state index contributed by atoms with van der Waals surface area (Å²) in [6.07, 6.45) is 3.46. The molecule has 0 radical (unpaired) electrons. The molecule has 0 spiro atoms. The Bertz CT molecular complexity index is 966. The minimum Gasteiger partial charge on any atom is -0.476 e. The number of benzene rings is 1. The number of carboxylic acids is 1. The molecule has 1 aliphatic rings. The summed E-state index contributed by atoms with van der Waals surface area (Å²) in [6, 6.07) is 8.11. The number of hydrogen-bond acceptors (Lipinski definition) is 5. The van der Waals surface area contributed by atoms with Gasteiger partial charge in [-0.3, -0.25) is 4.90 Å². The molecular formula is C18H17ClN4O3. The number of fused-ring (bicyclic) bond motifs is 1. The Hall–Kier alpha value is -2.48. The number of morpholine rings is 1. The average Bonchev–Trinajstić information content (AvgIpc) is 2.99. The van der Waals surface area contributed by atoms with Crippen LogP contribution in [0.15, 0.2) is 36.7 Å². The van der Waals surface area contributed by atoms with E-state index in [1.165, 1.54) is 10.1 Å². The summed E-state index contributed by atoms with van der Waals surface area (Å²) >= 11 is 6.07. The Morgan fingerprint density at radius 2 is 2.04 bits per heavy atom. The van der Waals surface area contributed by atoms with Crippen LogP contribution >= 0.6 is 11.6 Å². The van der Waals surface area contributed by atoms with Crippen molar-refractivity contribution in [3.8, 4) is 11.1 Å². The van der Waals surface area contributed by atoms with E-state index in [1.54, 1.807) is 12.4 Å². The number of hydrogen-bond donors (Lipinski definition) is 1. The minimum atomic E-state index is -1.17. The first-order valence-electron chi connectivity index (χ1n) is 8.29. The number of halogens is 1. The van der Waals surface area contributed by atoms with Crippen LogP contribution < -0.4 is 0 Å². The molecule has 134 valence electrons. The highest BCUT2D eigenvalue weighted by molar-refractivity contribution is 6.36. The van der Waals surface area contributed by atoms with Gasteiger partial charge in [0.2, 0.25) is 0 Å². The highest BCUT2D eigenvalue weighted by Crippen LogP contribution is 2.27. The van der Waals surface area contributed by atoms with Gasteiger partial charge in [0, 0.05) is 37.6 Å². The van der Waals surface area contributed by atoms with Crippen molar-refractivity contribution in [3.63, 3.8) is 0 Å². The summed E-state index contributed by atoms with van der Waals surface area (Å²) in [4.78, 5) is 17.9. The fraction of sp³-hybridized carbons (Fsp3) is 0.278. The minimum absolute atomic E-state index is 0.0469. The summed E-state index contributed by atoms with van der Waals surface area (Å²) in [5.74, 6) is -1.17. The van der Waals surface area contributed by atoms with Crippen LogP contribution in [0.5, 0.6) is 0 Å². The predicted molar refractivity (Wildman–Crippen MR) is 96.5 cm³/mol. The highest BCUT2D eigenvalue weighted by Gasteiger charge is 2.19. The van der Waals surface area contributed by atoms with Crippen LogP contribution in [0.3, 0.4) is 0 Å². The van der Waals surface area contributed by atoms with E-state index in [-0.39, 0.29) is 10.7 Å². The fourth-order valence-corrected chi connectivity index (χ4v) is 3.38. The van der Waals surface area contributed by atoms with Crippen molar-refractivity contribution >= 4 is 23.2 Å². The van der Waals surface area contributed by atoms with E-state index in [1.807, 2.05) is 18.2 Å². The monoisotopic (exact) mass is 372 g/mol. The maximum absolute atomic E-state index is 11.2. The summed E-state index contributed by atoms with van der Waals surface area (Å²) < 4.78 is 6.83. The lowest BCUT2D eigenvalue weighted by atomic mass is 10.0. The van der Waals surface area contributed by atoms with Crippen LogP contribution in [0.4, 0.5) is 0 Å². The zero-order valence-corrected chi connectivity index (χ0v) is 14.7. The molecule has 1 N–H and O–H groups in total. The molecule has 8 heteroatoms. The normalized spacial score (nSPS) is 15.4. The summed E-state index contributed by atoms with van der Waals surface area (Å²) in [6.45, 7) is 4.13. The van der Waals surface area contributed by atoms with Gasteiger partial charge in [0.25, 0.3) is 0 Å². The Kier molecular flexibility index (Phi) is 4.58. The van der Waals surface area contributed by atoms with Gasteiger partial charge in [-0.15, -0.1) is 0 Å². The smallest absolute Gasteiger partial charge is 0.358 e. The lowest BCUT2D eigenvalue weighted by Gasteiger charge is -2.27. The zero-order chi connectivity index (χ0) is 18.1. The third-order valence-electron chi connectivity index (χ3n) is 4.44. The van der Waals surface area contributed by atoms with E-state index in [0.717, 1.165) is 44.0 Å². The third kappa shape index (κ3) is 3.16. The largest absolute Gasteiger partial charge is 0.476 e. The molecular weight excluding hydrogens is 356 g/mol. The van der Waals surface area contributed by atoms with Crippen LogP contribution in [0.2, 0.25) is 5.02 Å². The van der Waals surface area contributed by atoms with Crippen molar-refractivity contribution < 1.29 is 14.6 Å². The lowest BCUT2D eigenvalue weighted by Crippen LogP contribution is -2.35. The van der Waals surface area contributed by atoms with E-state index < -0.39 is 5.97 Å². The highest BCUT2D eigenvalue weighted by atomic mass is 35.5. The van der Waals surface area contributed by atoms with Crippen molar-refractivity contribution in [1.82, 2.24) is 19.5 Å². The van der Waals surface area contributed by atoms with Gasteiger partial charge in [0.1, 0.15) is 5.02 Å². The predicted octanol–water partition coefficient (Wildman–Crippen LogP) is 2.58. The molecule has 4 rings (SSSR count). The molecule has 1 saturated heterocycles. The van der Waals surface area contributed by atoms with Crippen molar-refractivity contribution in [2.45, 2.75) is 6.54 Å². The maximum atomic E-state index is 11.2. The molecule has 0 atom stereocenters. The van der Waals surface area contributed by atoms with Crippen LogP contribution in [0.25, 0.3) is 16.8 Å². The average molecular weight is 373 g/mol. The third-order valence-corrected chi connectivity index (χ3v) is 4.79. The number of carboxylic acid groups (broad SMARTS) is 1. The molecule has 2 aromatic heterocycles. The maximum Gasteiger partial charge on any atom is 0.358 e. The number of ether oxygens (including phenoxy) is 1. The molecule has 26 heavy (non-hydrogen) atoms. The number of aromatic nitrogens is 3. The Balaban J connectivity index is 1.72. The molecule has 3 aromatic rings. The summed E-state index contributed by atoms with van der Waals surface area (Å²) in [5.41, 5.74) is 3.21. The van der Waals surface area contributed by atoms with Gasteiger partial charge in [-0.1, -0.05) is 35.9 Å². The van der Waals surface area contributed by atoms with E-state index in [9.17, 15) is 9.90 Å². The molecule has 3 heterocycles. The van der Waals surface area contributed by atoms with E-state index in [0.29, 0.717) is 5.65 Å². The summed E-state index contributed by atoms with van der Waals surface area (Å²) in [7, 11) is 0. The first-order valence-corrected chi connectivity index (χ1v) is 8.67. The Labute approximate surface area is 154 Å². The van der Waals surface area contributed by atoms with Gasteiger partial charge in [-0.05, 0) is 11.1 Å². The standard InChI is InChI=1S/C18H17ClN4O3/c19-15-16(18(24)25)21-23-11-13(9-20-17(15)23)14-4-2-1-3-12(14)10-22-5-7-26-8-6-22/h1-4,9,11H,5-8,10H2,(H,24,25). The quantitative estimate of drug-likeness (QED) is 0.758. The number of rotatable bonds is 4. The number of nitrogens with zero attached hydrogens (tertiary/aromatic N) is 4. The Morgan fingerprint density at radius 1 is 1.27 bits per heavy atom. The van der Waals surface area contributed by atoms with Gasteiger partial charge in [0.05, 0.1) is 13.2 Å². The molecule has 1 fully saturated rings. The van der Waals surface area contributed by atoms with E-state index in [4.69, 9.17) is 16.3 Å². The van der Waals surface area contributed by atoms with Gasteiger partial charge < -0.3 is 9.84 Å². The van der Waals surface area contributed by atoms with Crippen LogP contribution in [0, 0.1) is 0 Å². The van der Waals surface area contributed by atoms with Crippen LogP contribution in [-0.2, 0) is 11.3 Å². The number of aromatic carboxylic acids is 1. The molecule has 7 nitrogen and oxygen atoms in total. The first-order chi connectivity index (χ1) is 12.6. The van der Waals surface area contributed by atoms with Crippen LogP contribution in [-0.4, -0.2) is 56.9 Å². The molecule has 0 amide bonds. The van der Waals surface area contributed by atoms with Gasteiger partial charge in [0.15, 0.2) is 11.3 Å². The van der Waals surface area contributed by atoms with E-state index >= 15 is 0 Å².